The molecule has 1 heterocycles. The summed E-state index contributed by atoms with van der Waals surface area (Å²) in [7, 11) is 0. The Morgan fingerprint density at radius 1 is 1.59 bits per heavy atom. The average Bonchev–Trinajstić information content (AvgIpc) is 2.61. The zero-order chi connectivity index (χ0) is 12.9. The van der Waals surface area contributed by atoms with Crippen molar-refractivity contribution in [3.63, 3.8) is 0 Å². The summed E-state index contributed by atoms with van der Waals surface area (Å²) < 4.78 is 5.12. The summed E-state index contributed by atoms with van der Waals surface area (Å²) in [4.78, 5) is 16.3. The number of thiophene rings is 1. The highest BCUT2D eigenvalue weighted by Gasteiger charge is 2.15. The van der Waals surface area contributed by atoms with Gasteiger partial charge in [-0.2, -0.15) is 4.99 Å². The Balaban J connectivity index is 2.44. The number of rotatable bonds is 3. The lowest BCUT2D eigenvalue weighted by molar-refractivity contribution is 0.0524. The summed E-state index contributed by atoms with van der Waals surface area (Å²) in [6.07, 6.45) is -0.417. The number of aliphatic imine (C=N–C) groups is 1. The maximum Gasteiger partial charge on any atom is 0.407 e. The third-order valence-corrected chi connectivity index (χ3v) is 2.62. The molecule has 0 aliphatic heterocycles. The fourth-order valence-electron chi connectivity index (χ4n) is 1.07. The minimum Gasteiger partial charge on any atom is -0.444 e. The van der Waals surface area contributed by atoms with Crippen LogP contribution in [-0.2, 0) is 11.3 Å². The SMILES string of the molecule is C=C=Nc1ccc(CNC(=O)OC(C)(C)C)s1. The molecule has 0 saturated carbocycles. The molecule has 92 valence electrons. The molecule has 4 nitrogen and oxygen atoms in total. The fourth-order valence-corrected chi connectivity index (χ4v) is 1.87. The monoisotopic (exact) mass is 252 g/mol. The summed E-state index contributed by atoms with van der Waals surface area (Å²) in [5, 5.41) is 3.50. The first-order valence-electron chi connectivity index (χ1n) is 5.19. The van der Waals surface area contributed by atoms with Gasteiger partial charge in [0.25, 0.3) is 0 Å². The van der Waals surface area contributed by atoms with Gasteiger partial charge >= 0.3 is 6.09 Å². The van der Waals surface area contributed by atoms with E-state index in [9.17, 15) is 4.79 Å². The molecule has 1 rings (SSSR count). The maximum absolute atomic E-state index is 11.4. The van der Waals surface area contributed by atoms with Gasteiger partial charge in [-0.1, -0.05) is 0 Å². The van der Waals surface area contributed by atoms with Crippen molar-refractivity contribution in [3.8, 4) is 0 Å². The highest BCUT2D eigenvalue weighted by atomic mass is 32.1. The molecule has 1 aromatic heterocycles. The van der Waals surface area contributed by atoms with Gasteiger partial charge < -0.3 is 10.1 Å². The van der Waals surface area contributed by atoms with E-state index in [1.807, 2.05) is 32.9 Å². The molecular formula is C12H16N2O2S. The van der Waals surface area contributed by atoms with E-state index < -0.39 is 11.7 Å². The third-order valence-electron chi connectivity index (χ3n) is 1.64. The van der Waals surface area contributed by atoms with E-state index in [-0.39, 0.29) is 0 Å². The molecule has 5 heteroatoms. The lowest BCUT2D eigenvalue weighted by atomic mass is 10.2. The van der Waals surface area contributed by atoms with Crippen molar-refractivity contribution < 1.29 is 9.53 Å². The number of carbonyl (C=O) groups is 1. The second-order valence-electron chi connectivity index (χ2n) is 4.37. The van der Waals surface area contributed by atoms with Gasteiger partial charge in [0, 0.05) is 4.88 Å². The van der Waals surface area contributed by atoms with Crippen LogP contribution in [0.4, 0.5) is 9.80 Å². The van der Waals surface area contributed by atoms with Crippen molar-refractivity contribution in [1.82, 2.24) is 5.32 Å². The van der Waals surface area contributed by atoms with E-state index in [1.165, 1.54) is 11.3 Å². The number of hydrogen-bond acceptors (Lipinski definition) is 4. The molecule has 1 amide bonds. The van der Waals surface area contributed by atoms with Crippen molar-refractivity contribution in [3.05, 3.63) is 23.6 Å². The van der Waals surface area contributed by atoms with E-state index >= 15 is 0 Å². The highest BCUT2D eigenvalue weighted by molar-refractivity contribution is 7.15. The van der Waals surface area contributed by atoms with Crippen molar-refractivity contribution in [1.29, 1.82) is 0 Å². The minimum atomic E-state index is -0.474. The molecule has 0 saturated heterocycles. The molecule has 0 unspecified atom stereocenters. The normalized spacial score (nSPS) is 10.5. The van der Waals surface area contributed by atoms with Crippen molar-refractivity contribution in [2.45, 2.75) is 32.9 Å². The van der Waals surface area contributed by atoms with Crippen molar-refractivity contribution in [2.75, 3.05) is 0 Å². The fraction of sp³-hybridized carbons (Fsp3) is 0.417. The van der Waals surface area contributed by atoms with Crippen LogP contribution in [0.15, 0.2) is 23.7 Å². The number of ether oxygens (including phenoxy) is 1. The first-order valence-corrected chi connectivity index (χ1v) is 6.01. The molecule has 0 radical (unpaired) electrons. The smallest absolute Gasteiger partial charge is 0.407 e. The zero-order valence-electron chi connectivity index (χ0n) is 10.2. The van der Waals surface area contributed by atoms with Gasteiger partial charge in [0.15, 0.2) is 0 Å². The molecular weight excluding hydrogens is 236 g/mol. The van der Waals surface area contributed by atoms with Gasteiger partial charge in [-0.25, -0.2) is 4.79 Å². The van der Waals surface area contributed by atoms with Gasteiger partial charge in [0.2, 0.25) is 0 Å². The summed E-state index contributed by atoms with van der Waals surface area (Å²) >= 11 is 1.48. The molecule has 1 aromatic rings. The van der Waals surface area contributed by atoms with E-state index in [0.717, 1.165) is 9.88 Å². The molecule has 0 aliphatic rings. The lowest BCUT2D eigenvalue weighted by Gasteiger charge is -2.19. The summed E-state index contributed by atoms with van der Waals surface area (Å²) in [5.41, 5.74) is -0.474. The second-order valence-corrected chi connectivity index (χ2v) is 5.51. The van der Waals surface area contributed by atoms with Crippen LogP contribution in [-0.4, -0.2) is 17.6 Å². The zero-order valence-corrected chi connectivity index (χ0v) is 11.1. The van der Waals surface area contributed by atoms with Crippen LogP contribution in [0.5, 0.6) is 0 Å². The van der Waals surface area contributed by atoms with Crippen LogP contribution in [0.25, 0.3) is 0 Å². The van der Waals surface area contributed by atoms with Crippen LogP contribution >= 0.6 is 11.3 Å². The Hall–Kier alpha value is -1.58. The van der Waals surface area contributed by atoms with Crippen LogP contribution in [0.3, 0.4) is 0 Å². The number of amides is 1. The standard InChI is InChI=1S/C12H16N2O2S/c1-5-13-10-7-6-9(17-10)8-14-11(15)16-12(2,3)4/h6-7H,1,8H2,2-4H3,(H,14,15). The summed E-state index contributed by atoms with van der Waals surface area (Å²) in [6.45, 7) is 9.33. The Morgan fingerprint density at radius 3 is 2.88 bits per heavy atom. The molecule has 0 aliphatic carbocycles. The average molecular weight is 252 g/mol. The number of nitrogens with zero attached hydrogens (tertiary/aromatic N) is 1. The predicted octanol–water partition coefficient (Wildman–Crippen LogP) is 3.26. The molecule has 0 spiro atoms. The van der Waals surface area contributed by atoms with Crippen LogP contribution in [0.2, 0.25) is 0 Å². The van der Waals surface area contributed by atoms with E-state index in [2.05, 4.69) is 22.8 Å². The lowest BCUT2D eigenvalue weighted by Crippen LogP contribution is -2.31. The largest absolute Gasteiger partial charge is 0.444 e. The van der Waals surface area contributed by atoms with Gasteiger partial charge in [0.1, 0.15) is 10.6 Å². The van der Waals surface area contributed by atoms with Gasteiger partial charge in [0.05, 0.1) is 6.54 Å². The number of hydrogen-bond donors (Lipinski definition) is 1. The maximum atomic E-state index is 11.4. The third kappa shape index (κ3) is 5.33. The highest BCUT2D eigenvalue weighted by Crippen LogP contribution is 2.24. The number of nitrogens with one attached hydrogen (secondary N) is 1. The molecule has 0 fully saturated rings. The summed E-state index contributed by atoms with van der Waals surface area (Å²) in [6, 6.07) is 3.76. The van der Waals surface area contributed by atoms with E-state index in [4.69, 9.17) is 4.74 Å². The first-order chi connectivity index (χ1) is 7.90. The summed E-state index contributed by atoms with van der Waals surface area (Å²) in [5.74, 6) is 2.47. The quantitative estimate of drug-likeness (QED) is 0.839. The second kappa shape index (κ2) is 5.66. The van der Waals surface area contributed by atoms with Gasteiger partial charge in [-0.15, -0.1) is 11.3 Å². The van der Waals surface area contributed by atoms with E-state index in [1.54, 1.807) is 0 Å². The van der Waals surface area contributed by atoms with Gasteiger partial charge in [-0.3, -0.25) is 0 Å². The Kier molecular flexibility index (Phi) is 4.49. The molecule has 1 N–H and O–H groups in total. The van der Waals surface area contributed by atoms with Crippen molar-refractivity contribution >= 4 is 28.3 Å². The Bertz CT molecular complexity index is 440. The topological polar surface area (TPSA) is 50.7 Å². The molecule has 0 bridgehead atoms. The molecule has 0 aromatic carbocycles. The van der Waals surface area contributed by atoms with Crippen LogP contribution in [0.1, 0.15) is 25.6 Å². The minimum absolute atomic E-state index is 0.417. The van der Waals surface area contributed by atoms with Crippen LogP contribution < -0.4 is 5.32 Å². The Labute approximate surface area is 105 Å². The van der Waals surface area contributed by atoms with E-state index in [0.29, 0.717) is 6.54 Å². The van der Waals surface area contributed by atoms with Crippen molar-refractivity contribution in [2.24, 2.45) is 4.99 Å². The predicted molar refractivity (Wildman–Crippen MR) is 70.1 cm³/mol. The van der Waals surface area contributed by atoms with Crippen LogP contribution in [0, 0.1) is 0 Å². The molecule has 0 atom stereocenters. The number of carbonyl (C=O) groups excluding carboxylic acids is 1. The number of alkyl carbamates (subject to hydrolysis) is 1. The van der Waals surface area contributed by atoms with Gasteiger partial charge in [-0.05, 0) is 45.4 Å². The molecule has 17 heavy (non-hydrogen) atoms. The first kappa shape index (κ1) is 13.5. The Morgan fingerprint density at radius 2 is 2.29 bits per heavy atom.